The molecule has 1 N–H and O–H groups in total. The van der Waals surface area contributed by atoms with E-state index in [2.05, 4.69) is 10.3 Å². The first-order chi connectivity index (χ1) is 13.6. The van der Waals surface area contributed by atoms with Gasteiger partial charge in [-0.25, -0.2) is 13.4 Å². The quantitative estimate of drug-likeness (QED) is 0.789. The summed E-state index contributed by atoms with van der Waals surface area (Å²) < 4.78 is 66.0. The average Bonchev–Trinajstić information content (AvgIpc) is 3.44. The largest absolute Gasteiger partial charge is 0.417 e. The number of pyridine rings is 1. The van der Waals surface area contributed by atoms with Crippen LogP contribution in [0.5, 0.6) is 0 Å². The molecule has 2 heterocycles. The molecule has 1 aliphatic carbocycles. The summed E-state index contributed by atoms with van der Waals surface area (Å²) in [5.74, 6) is 1.21. The van der Waals surface area contributed by atoms with E-state index in [1.165, 1.54) is 6.07 Å². The number of fused-ring (bicyclic) bond motifs is 1. The van der Waals surface area contributed by atoms with E-state index in [0.29, 0.717) is 30.7 Å². The third-order valence-electron chi connectivity index (χ3n) is 5.70. The Hall–Kier alpha value is -2.13. The van der Waals surface area contributed by atoms with E-state index >= 15 is 0 Å². The van der Waals surface area contributed by atoms with Gasteiger partial charge in [0.25, 0.3) is 0 Å². The van der Waals surface area contributed by atoms with Crippen molar-refractivity contribution >= 4 is 15.8 Å². The molecule has 2 fully saturated rings. The average molecular weight is 425 g/mol. The van der Waals surface area contributed by atoms with Crippen LogP contribution in [0.2, 0.25) is 0 Å². The summed E-state index contributed by atoms with van der Waals surface area (Å²) in [6.07, 6.45) is -1.89. The van der Waals surface area contributed by atoms with Gasteiger partial charge in [-0.05, 0) is 55.9 Å². The number of halogens is 3. The molecule has 0 spiro atoms. The fraction of sp³-hybridized carbons (Fsp3) is 0.450. The maximum Gasteiger partial charge on any atom is 0.417 e. The van der Waals surface area contributed by atoms with Crippen molar-refractivity contribution in [2.45, 2.75) is 36.9 Å². The summed E-state index contributed by atoms with van der Waals surface area (Å²) in [6.45, 7) is 2.68. The van der Waals surface area contributed by atoms with Crippen molar-refractivity contribution in [1.82, 2.24) is 9.29 Å². The molecular weight excluding hydrogens is 403 g/mol. The molecule has 1 aromatic carbocycles. The zero-order chi connectivity index (χ0) is 20.8. The lowest BCUT2D eigenvalue weighted by Crippen LogP contribution is -2.47. The van der Waals surface area contributed by atoms with Crippen LogP contribution in [0.1, 0.15) is 24.0 Å². The maximum absolute atomic E-state index is 13.2. The number of alkyl halides is 3. The fourth-order valence-corrected chi connectivity index (χ4v) is 5.58. The predicted octanol–water partition coefficient (Wildman–Crippen LogP) is 3.92. The Labute approximate surface area is 168 Å². The van der Waals surface area contributed by atoms with Gasteiger partial charge in [0.2, 0.25) is 10.0 Å². The molecule has 1 saturated carbocycles. The molecule has 0 radical (unpaired) electrons. The molecule has 4 rings (SSSR count). The van der Waals surface area contributed by atoms with Crippen LogP contribution in [0, 0.1) is 18.8 Å². The normalized spacial score (nSPS) is 24.8. The molecule has 0 unspecified atom stereocenters. The number of benzene rings is 1. The van der Waals surface area contributed by atoms with Gasteiger partial charge in [-0.1, -0.05) is 17.7 Å². The van der Waals surface area contributed by atoms with Gasteiger partial charge in [0.1, 0.15) is 5.82 Å². The maximum atomic E-state index is 13.2. The van der Waals surface area contributed by atoms with Crippen LogP contribution in [-0.2, 0) is 16.2 Å². The molecule has 9 heteroatoms. The van der Waals surface area contributed by atoms with E-state index < -0.39 is 21.8 Å². The number of hydrogen-bond acceptors (Lipinski definition) is 4. The highest BCUT2D eigenvalue weighted by Gasteiger charge is 2.49. The lowest BCUT2D eigenvalue weighted by Gasteiger charge is -2.34. The standard InChI is InChI=1S/C20H22F3N3O2S/c1-13-2-5-18(6-3-13)29(27,28)26-12-15-8-14(15)9-17(26)11-25-19-7-4-16(10-24-19)20(21,22)23/h2-7,10,14-15,17H,8-9,11-12H2,1H3,(H,24,25)/t14-,15+,17+/m1/s1. The summed E-state index contributed by atoms with van der Waals surface area (Å²) in [6, 6.07) is 8.75. The van der Waals surface area contributed by atoms with Crippen LogP contribution in [0.3, 0.4) is 0 Å². The third-order valence-corrected chi connectivity index (χ3v) is 7.64. The Morgan fingerprint density at radius 2 is 1.83 bits per heavy atom. The fourth-order valence-electron chi connectivity index (χ4n) is 3.88. The minimum absolute atomic E-state index is 0.264. The highest BCUT2D eigenvalue weighted by atomic mass is 32.2. The van der Waals surface area contributed by atoms with Crippen LogP contribution >= 0.6 is 0 Å². The molecule has 1 saturated heterocycles. The number of nitrogens with zero attached hydrogens (tertiary/aromatic N) is 2. The Morgan fingerprint density at radius 1 is 1.10 bits per heavy atom. The first kappa shape index (κ1) is 20.2. The number of rotatable bonds is 5. The number of aryl methyl sites for hydroxylation is 1. The molecule has 29 heavy (non-hydrogen) atoms. The van der Waals surface area contributed by atoms with Crippen LogP contribution in [0.15, 0.2) is 47.5 Å². The number of piperidine rings is 1. The molecule has 0 amide bonds. The van der Waals surface area contributed by atoms with Gasteiger partial charge in [-0.2, -0.15) is 17.5 Å². The zero-order valence-corrected chi connectivity index (χ0v) is 16.7. The lowest BCUT2D eigenvalue weighted by molar-refractivity contribution is -0.137. The summed E-state index contributed by atoms with van der Waals surface area (Å²) in [4.78, 5) is 4.08. The van der Waals surface area contributed by atoms with Gasteiger partial charge in [-0.15, -0.1) is 0 Å². The Morgan fingerprint density at radius 3 is 2.45 bits per heavy atom. The minimum atomic E-state index is -4.44. The minimum Gasteiger partial charge on any atom is -0.368 e. The van der Waals surface area contributed by atoms with Crippen LogP contribution < -0.4 is 5.32 Å². The van der Waals surface area contributed by atoms with Crippen molar-refractivity contribution in [3.63, 3.8) is 0 Å². The van der Waals surface area contributed by atoms with Gasteiger partial charge < -0.3 is 5.32 Å². The topological polar surface area (TPSA) is 62.3 Å². The number of aromatic nitrogens is 1. The second-order valence-electron chi connectivity index (χ2n) is 7.84. The number of sulfonamides is 1. The Bertz CT molecular complexity index is 976. The van der Waals surface area contributed by atoms with Crippen molar-refractivity contribution in [1.29, 1.82) is 0 Å². The molecule has 3 atom stereocenters. The first-order valence-electron chi connectivity index (χ1n) is 9.50. The van der Waals surface area contributed by atoms with Gasteiger partial charge in [0, 0.05) is 25.3 Å². The molecule has 2 aliphatic rings. The Kier molecular flexibility index (Phi) is 5.06. The summed E-state index contributed by atoms with van der Waals surface area (Å²) in [5.41, 5.74) is 0.168. The number of anilines is 1. The Balaban J connectivity index is 1.50. The smallest absolute Gasteiger partial charge is 0.368 e. The van der Waals surface area contributed by atoms with Gasteiger partial charge in [0.05, 0.1) is 10.5 Å². The highest BCUT2D eigenvalue weighted by molar-refractivity contribution is 7.89. The molecular formula is C20H22F3N3O2S. The van der Waals surface area contributed by atoms with E-state index in [1.807, 2.05) is 6.92 Å². The molecule has 1 aliphatic heterocycles. The van der Waals surface area contributed by atoms with Crippen LogP contribution in [-0.4, -0.2) is 36.8 Å². The summed E-state index contributed by atoms with van der Waals surface area (Å²) in [7, 11) is -3.64. The van der Waals surface area contributed by atoms with E-state index in [9.17, 15) is 21.6 Å². The monoisotopic (exact) mass is 425 g/mol. The summed E-state index contributed by atoms with van der Waals surface area (Å²) in [5, 5.41) is 3.01. The zero-order valence-electron chi connectivity index (χ0n) is 15.9. The SMILES string of the molecule is Cc1ccc(S(=O)(=O)N2C[C@@H]3C[C@@H]3C[C@H]2CNc2ccc(C(F)(F)F)cn2)cc1. The molecule has 5 nitrogen and oxygen atoms in total. The summed E-state index contributed by atoms with van der Waals surface area (Å²) >= 11 is 0. The predicted molar refractivity (Wildman–Crippen MR) is 103 cm³/mol. The van der Waals surface area contributed by atoms with Crippen molar-refractivity contribution in [3.8, 4) is 0 Å². The van der Waals surface area contributed by atoms with Gasteiger partial charge in [-0.3, -0.25) is 0 Å². The first-order valence-corrected chi connectivity index (χ1v) is 10.9. The van der Waals surface area contributed by atoms with E-state index in [4.69, 9.17) is 0 Å². The lowest BCUT2D eigenvalue weighted by atomic mass is 10.0. The molecule has 1 aromatic heterocycles. The molecule has 156 valence electrons. The second kappa shape index (κ2) is 7.28. The third kappa shape index (κ3) is 4.25. The second-order valence-corrected chi connectivity index (χ2v) is 9.73. The highest BCUT2D eigenvalue weighted by Crippen LogP contribution is 2.48. The van der Waals surface area contributed by atoms with Crippen molar-refractivity contribution in [2.75, 3.05) is 18.4 Å². The van der Waals surface area contributed by atoms with Crippen LogP contribution in [0.4, 0.5) is 19.0 Å². The van der Waals surface area contributed by atoms with Crippen molar-refractivity contribution in [3.05, 3.63) is 53.7 Å². The van der Waals surface area contributed by atoms with Gasteiger partial charge in [0.15, 0.2) is 0 Å². The number of hydrogen-bond donors (Lipinski definition) is 1. The van der Waals surface area contributed by atoms with Crippen molar-refractivity contribution < 1.29 is 21.6 Å². The molecule has 0 bridgehead atoms. The van der Waals surface area contributed by atoms with Crippen molar-refractivity contribution in [2.24, 2.45) is 11.8 Å². The number of nitrogens with one attached hydrogen (secondary N) is 1. The van der Waals surface area contributed by atoms with Crippen LogP contribution in [0.25, 0.3) is 0 Å². The van der Waals surface area contributed by atoms with Gasteiger partial charge >= 0.3 is 6.18 Å². The molecule has 2 aromatic rings. The van der Waals surface area contributed by atoms with E-state index in [1.54, 1.807) is 28.6 Å². The van der Waals surface area contributed by atoms with E-state index in [0.717, 1.165) is 30.7 Å². The van der Waals surface area contributed by atoms with E-state index in [-0.39, 0.29) is 10.9 Å².